The van der Waals surface area contributed by atoms with E-state index in [0.717, 1.165) is 18.0 Å². The number of halogens is 1. The van der Waals surface area contributed by atoms with Crippen LogP contribution in [0.25, 0.3) is 0 Å². The van der Waals surface area contributed by atoms with Crippen LogP contribution >= 0.6 is 11.6 Å². The van der Waals surface area contributed by atoms with Crippen LogP contribution in [0.5, 0.6) is 0 Å². The first-order valence-electron chi connectivity index (χ1n) is 7.11. The molecule has 0 amide bonds. The van der Waals surface area contributed by atoms with Crippen LogP contribution in [-0.4, -0.2) is 17.1 Å². The number of hydrogen-bond donors (Lipinski definition) is 3. The van der Waals surface area contributed by atoms with Gasteiger partial charge in [-0.05, 0) is 30.4 Å². The number of benzene rings is 1. The van der Waals surface area contributed by atoms with Crippen LogP contribution in [0.3, 0.4) is 0 Å². The quantitative estimate of drug-likeness (QED) is 0.346. The lowest BCUT2D eigenvalue weighted by Crippen LogP contribution is -2.36. The van der Waals surface area contributed by atoms with Crippen LogP contribution in [0.1, 0.15) is 43.7 Å². The van der Waals surface area contributed by atoms with Crippen molar-refractivity contribution in [3.05, 3.63) is 34.3 Å². The van der Waals surface area contributed by atoms with Crippen LogP contribution < -0.4 is 11.1 Å². The van der Waals surface area contributed by atoms with Crippen LogP contribution in [0, 0.1) is 5.92 Å². The Morgan fingerprint density at radius 2 is 2.20 bits per heavy atom. The third kappa shape index (κ3) is 3.64. The molecule has 5 heteroatoms. The molecule has 0 saturated heterocycles. The van der Waals surface area contributed by atoms with Gasteiger partial charge in [0.2, 0.25) is 0 Å². The van der Waals surface area contributed by atoms with Crippen LogP contribution in [0.15, 0.2) is 23.4 Å². The second-order valence-corrected chi connectivity index (χ2v) is 5.95. The number of rotatable bonds is 4. The van der Waals surface area contributed by atoms with E-state index >= 15 is 0 Å². The summed E-state index contributed by atoms with van der Waals surface area (Å²) in [6.07, 6.45) is 5.18. The Kier molecular flexibility index (Phi) is 5.26. The van der Waals surface area contributed by atoms with Crippen molar-refractivity contribution in [3.63, 3.8) is 0 Å². The molecule has 110 valence electrons. The van der Waals surface area contributed by atoms with Gasteiger partial charge in [-0.3, -0.25) is 0 Å². The first-order valence-corrected chi connectivity index (χ1v) is 7.49. The molecule has 1 aromatic carbocycles. The van der Waals surface area contributed by atoms with E-state index in [1.807, 2.05) is 12.1 Å². The van der Waals surface area contributed by atoms with Crippen molar-refractivity contribution >= 4 is 17.4 Å². The summed E-state index contributed by atoms with van der Waals surface area (Å²) in [6, 6.07) is 6.06. The molecule has 0 radical (unpaired) electrons. The molecular weight excluding hydrogens is 274 g/mol. The number of oxime groups is 1. The molecule has 4 nitrogen and oxygen atoms in total. The van der Waals surface area contributed by atoms with Crippen molar-refractivity contribution in [1.29, 1.82) is 0 Å². The predicted octanol–water partition coefficient (Wildman–Crippen LogP) is 3.10. The summed E-state index contributed by atoms with van der Waals surface area (Å²) in [5, 5.41) is 15.9. The number of amidine groups is 1. The summed E-state index contributed by atoms with van der Waals surface area (Å²) in [6.45, 7) is 3.06. The number of nitrogens with two attached hydrogens (primary N) is 1. The van der Waals surface area contributed by atoms with Crippen LogP contribution in [0.2, 0.25) is 5.02 Å². The first-order chi connectivity index (χ1) is 9.61. The van der Waals surface area contributed by atoms with E-state index in [4.69, 9.17) is 22.5 Å². The fraction of sp³-hybridized carbons (Fsp3) is 0.533. The van der Waals surface area contributed by atoms with Gasteiger partial charge in [0.15, 0.2) is 5.84 Å². The zero-order valence-electron chi connectivity index (χ0n) is 11.8. The highest BCUT2D eigenvalue weighted by Gasteiger charge is 2.20. The Labute approximate surface area is 125 Å². The molecule has 2 unspecified atom stereocenters. The highest BCUT2D eigenvalue weighted by Crippen LogP contribution is 2.25. The fourth-order valence-corrected chi connectivity index (χ4v) is 3.02. The van der Waals surface area contributed by atoms with Crippen molar-refractivity contribution in [3.8, 4) is 0 Å². The van der Waals surface area contributed by atoms with E-state index in [1.54, 1.807) is 6.07 Å². The molecular formula is C15H22ClN3O. The molecule has 0 heterocycles. The zero-order valence-corrected chi connectivity index (χ0v) is 12.5. The Morgan fingerprint density at radius 3 is 2.85 bits per heavy atom. The molecule has 2 atom stereocenters. The van der Waals surface area contributed by atoms with E-state index in [9.17, 15) is 0 Å². The second-order valence-electron chi connectivity index (χ2n) is 5.54. The highest BCUT2D eigenvalue weighted by molar-refractivity contribution is 6.31. The van der Waals surface area contributed by atoms with Gasteiger partial charge in [0.25, 0.3) is 0 Å². The van der Waals surface area contributed by atoms with E-state index < -0.39 is 0 Å². The summed E-state index contributed by atoms with van der Waals surface area (Å²) in [5.41, 5.74) is 7.22. The molecule has 0 bridgehead atoms. The van der Waals surface area contributed by atoms with Gasteiger partial charge in [-0.1, -0.05) is 48.7 Å². The topological polar surface area (TPSA) is 70.6 Å². The Balaban J connectivity index is 1.99. The third-order valence-electron chi connectivity index (χ3n) is 4.12. The van der Waals surface area contributed by atoms with Gasteiger partial charge < -0.3 is 16.3 Å². The third-order valence-corrected chi connectivity index (χ3v) is 4.47. The van der Waals surface area contributed by atoms with Crippen molar-refractivity contribution in [2.45, 2.75) is 45.2 Å². The van der Waals surface area contributed by atoms with Gasteiger partial charge in [-0.25, -0.2) is 0 Å². The minimum atomic E-state index is 0.0762. The highest BCUT2D eigenvalue weighted by atomic mass is 35.5. The molecule has 4 N–H and O–H groups in total. The zero-order chi connectivity index (χ0) is 14.5. The lowest BCUT2D eigenvalue weighted by Gasteiger charge is -2.29. The minimum Gasteiger partial charge on any atom is -0.409 e. The van der Waals surface area contributed by atoms with E-state index in [-0.39, 0.29) is 5.84 Å². The van der Waals surface area contributed by atoms with E-state index in [2.05, 4.69) is 17.4 Å². The SMILES string of the molecule is CC1CCCCC1NCc1ccc(/C(N)=N/O)cc1Cl. The summed E-state index contributed by atoms with van der Waals surface area (Å²) < 4.78 is 0. The van der Waals surface area contributed by atoms with Gasteiger partial charge in [0.1, 0.15) is 0 Å². The molecule has 1 saturated carbocycles. The van der Waals surface area contributed by atoms with E-state index in [1.165, 1.54) is 25.7 Å². The van der Waals surface area contributed by atoms with Crippen LogP contribution in [-0.2, 0) is 6.54 Å². The molecule has 1 aliphatic carbocycles. The molecule has 0 aromatic heterocycles. The maximum Gasteiger partial charge on any atom is 0.170 e. The Morgan fingerprint density at radius 1 is 1.45 bits per heavy atom. The molecule has 2 rings (SSSR count). The smallest absolute Gasteiger partial charge is 0.170 e. The average Bonchev–Trinajstić information content (AvgIpc) is 2.46. The van der Waals surface area contributed by atoms with Gasteiger partial charge in [-0.15, -0.1) is 0 Å². The Hall–Kier alpha value is -1.26. The molecule has 1 aliphatic rings. The second kappa shape index (κ2) is 6.95. The molecule has 1 aromatic rings. The standard InChI is InChI=1S/C15H22ClN3O/c1-10-4-2-3-5-14(10)18-9-12-7-6-11(8-13(12)16)15(17)19-20/h6-8,10,14,18,20H,2-5,9H2,1H3,(H2,17,19). The van der Waals surface area contributed by atoms with Crippen molar-refractivity contribution in [2.24, 2.45) is 16.8 Å². The van der Waals surface area contributed by atoms with Gasteiger partial charge in [0, 0.05) is 23.2 Å². The monoisotopic (exact) mass is 295 g/mol. The molecule has 1 fully saturated rings. The minimum absolute atomic E-state index is 0.0762. The first kappa shape index (κ1) is 15.1. The predicted molar refractivity (Wildman–Crippen MR) is 82.2 cm³/mol. The summed E-state index contributed by atoms with van der Waals surface area (Å²) >= 11 is 6.25. The molecule has 0 spiro atoms. The van der Waals surface area contributed by atoms with Crippen molar-refractivity contribution in [2.75, 3.05) is 0 Å². The van der Waals surface area contributed by atoms with Crippen LogP contribution in [0.4, 0.5) is 0 Å². The van der Waals surface area contributed by atoms with Crippen molar-refractivity contribution < 1.29 is 5.21 Å². The molecule has 0 aliphatic heterocycles. The summed E-state index contributed by atoms with van der Waals surface area (Å²) in [7, 11) is 0. The number of nitrogens with zero attached hydrogens (tertiary/aromatic N) is 1. The van der Waals surface area contributed by atoms with Gasteiger partial charge in [0.05, 0.1) is 0 Å². The molecule has 20 heavy (non-hydrogen) atoms. The van der Waals surface area contributed by atoms with Gasteiger partial charge in [-0.2, -0.15) is 0 Å². The van der Waals surface area contributed by atoms with E-state index in [0.29, 0.717) is 16.6 Å². The maximum absolute atomic E-state index is 8.66. The summed E-state index contributed by atoms with van der Waals surface area (Å²) in [5.74, 6) is 0.797. The lowest BCUT2D eigenvalue weighted by molar-refractivity contribution is 0.279. The van der Waals surface area contributed by atoms with Gasteiger partial charge >= 0.3 is 0 Å². The van der Waals surface area contributed by atoms with Crippen molar-refractivity contribution in [1.82, 2.24) is 5.32 Å². The number of nitrogens with one attached hydrogen (secondary N) is 1. The lowest BCUT2D eigenvalue weighted by atomic mass is 9.86. The summed E-state index contributed by atoms with van der Waals surface area (Å²) in [4.78, 5) is 0. The normalized spacial score (nSPS) is 23.8. The fourth-order valence-electron chi connectivity index (χ4n) is 2.77. The Bertz CT molecular complexity index is 490. The average molecular weight is 296 g/mol. The number of hydrogen-bond acceptors (Lipinski definition) is 3. The maximum atomic E-state index is 8.66. The largest absolute Gasteiger partial charge is 0.409 e.